The summed E-state index contributed by atoms with van der Waals surface area (Å²) in [6, 6.07) is 0. The van der Waals surface area contributed by atoms with Gasteiger partial charge in [-0.3, -0.25) is 0 Å². The van der Waals surface area contributed by atoms with Gasteiger partial charge in [-0.2, -0.15) is 0 Å². The quantitative estimate of drug-likeness (QED) is 0.576. The highest BCUT2D eigenvalue weighted by molar-refractivity contribution is 4.90. The maximum Gasteiger partial charge on any atom is 0.173 e. The van der Waals surface area contributed by atoms with Crippen LogP contribution in [0.15, 0.2) is 0 Å². The molecule has 13 heavy (non-hydrogen) atoms. The molecule has 0 aromatic heterocycles. The molecule has 2 nitrogen and oxygen atoms in total. The molecule has 1 heterocycles. The van der Waals surface area contributed by atoms with Gasteiger partial charge in [0.2, 0.25) is 0 Å². The molecule has 3 atom stereocenters. The first kappa shape index (κ1) is 9.47. The molecule has 1 spiro atoms. The monoisotopic (exact) mass is 184 g/mol. The van der Waals surface area contributed by atoms with Gasteiger partial charge < -0.3 is 9.47 Å². The first-order valence-corrected chi connectivity index (χ1v) is 5.47. The molecule has 0 N–H and O–H groups in total. The molecule has 1 aliphatic carbocycles. The second-order valence-corrected chi connectivity index (χ2v) is 4.69. The third kappa shape index (κ3) is 1.40. The van der Waals surface area contributed by atoms with Crippen LogP contribution in [-0.4, -0.2) is 18.5 Å². The van der Waals surface area contributed by atoms with Gasteiger partial charge in [0.15, 0.2) is 5.79 Å². The van der Waals surface area contributed by atoms with E-state index in [-0.39, 0.29) is 11.9 Å². The fourth-order valence-corrected chi connectivity index (χ4v) is 2.77. The van der Waals surface area contributed by atoms with E-state index >= 15 is 0 Å². The normalized spacial score (nSPS) is 51.5. The lowest BCUT2D eigenvalue weighted by Gasteiger charge is -2.42. The van der Waals surface area contributed by atoms with E-state index in [4.69, 9.17) is 9.47 Å². The Hall–Kier alpha value is -0.0800. The molecule has 0 aromatic carbocycles. The van der Waals surface area contributed by atoms with Crippen LogP contribution in [0.2, 0.25) is 0 Å². The Morgan fingerprint density at radius 1 is 1.08 bits per heavy atom. The molecule has 2 fully saturated rings. The first-order chi connectivity index (χ1) is 6.15. The minimum atomic E-state index is -0.238. The van der Waals surface area contributed by atoms with Gasteiger partial charge in [-0.15, -0.1) is 0 Å². The molecule has 2 rings (SSSR count). The van der Waals surface area contributed by atoms with E-state index < -0.39 is 0 Å². The highest BCUT2D eigenvalue weighted by Crippen LogP contribution is 2.45. The van der Waals surface area contributed by atoms with Gasteiger partial charge in [0.25, 0.3) is 0 Å². The van der Waals surface area contributed by atoms with Crippen molar-refractivity contribution in [1.29, 1.82) is 0 Å². The minimum Gasteiger partial charge on any atom is -0.347 e. The smallest absolute Gasteiger partial charge is 0.173 e. The lowest BCUT2D eigenvalue weighted by atomic mass is 9.77. The van der Waals surface area contributed by atoms with Gasteiger partial charge in [-0.1, -0.05) is 20.3 Å². The summed E-state index contributed by atoms with van der Waals surface area (Å²) in [4.78, 5) is 0. The van der Waals surface area contributed by atoms with Gasteiger partial charge in [0, 0.05) is 11.8 Å². The van der Waals surface area contributed by atoms with E-state index in [1.807, 2.05) is 0 Å². The average Bonchev–Trinajstić information content (AvgIpc) is 2.46. The van der Waals surface area contributed by atoms with Crippen molar-refractivity contribution in [3.63, 3.8) is 0 Å². The van der Waals surface area contributed by atoms with Crippen LogP contribution in [0.25, 0.3) is 0 Å². The van der Waals surface area contributed by atoms with Crippen molar-refractivity contribution in [3.8, 4) is 0 Å². The van der Waals surface area contributed by atoms with Crippen LogP contribution in [-0.2, 0) is 9.47 Å². The van der Waals surface area contributed by atoms with E-state index in [9.17, 15) is 0 Å². The molecule has 0 bridgehead atoms. The first-order valence-electron chi connectivity index (χ1n) is 5.47. The van der Waals surface area contributed by atoms with E-state index in [2.05, 4.69) is 20.8 Å². The molecule has 3 unspecified atom stereocenters. The van der Waals surface area contributed by atoms with Crippen molar-refractivity contribution in [2.45, 2.75) is 51.9 Å². The third-order valence-corrected chi connectivity index (χ3v) is 3.58. The van der Waals surface area contributed by atoms with Crippen LogP contribution in [0.5, 0.6) is 0 Å². The van der Waals surface area contributed by atoms with E-state index in [0.29, 0.717) is 11.8 Å². The SMILES string of the molecule is CC1COC2(O1)C(C)CCCC2C. The topological polar surface area (TPSA) is 18.5 Å². The van der Waals surface area contributed by atoms with Crippen LogP contribution in [0.1, 0.15) is 40.0 Å². The van der Waals surface area contributed by atoms with Crippen molar-refractivity contribution >= 4 is 0 Å². The fraction of sp³-hybridized carbons (Fsp3) is 1.00. The average molecular weight is 184 g/mol. The molecular weight excluding hydrogens is 164 g/mol. The lowest BCUT2D eigenvalue weighted by molar-refractivity contribution is -0.244. The number of ether oxygens (including phenoxy) is 2. The minimum absolute atomic E-state index is 0.238. The zero-order chi connectivity index (χ0) is 9.47. The van der Waals surface area contributed by atoms with Gasteiger partial charge in [0.1, 0.15) is 0 Å². The Bertz CT molecular complexity index is 181. The van der Waals surface area contributed by atoms with E-state index in [1.54, 1.807) is 0 Å². The molecule has 0 aromatic rings. The second kappa shape index (κ2) is 3.25. The summed E-state index contributed by atoms with van der Waals surface area (Å²) >= 11 is 0. The van der Waals surface area contributed by atoms with Crippen LogP contribution >= 0.6 is 0 Å². The van der Waals surface area contributed by atoms with Crippen molar-refractivity contribution < 1.29 is 9.47 Å². The van der Waals surface area contributed by atoms with Crippen LogP contribution in [0.4, 0.5) is 0 Å². The van der Waals surface area contributed by atoms with Crippen molar-refractivity contribution in [2.75, 3.05) is 6.61 Å². The number of rotatable bonds is 0. The second-order valence-electron chi connectivity index (χ2n) is 4.69. The predicted octanol–water partition coefficient (Wildman–Crippen LogP) is 2.57. The third-order valence-electron chi connectivity index (χ3n) is 3.58. The number of hydrogen-bond donors (Lipinski definition) is 0. The Morgan fingerprint density at radius 2 is 1.69 bits per heavy atom. The highest BCUT2D eigenvalue weighted by Gasteiger charge is 2.50. The maximum absolute atomic E-state index is 5.99. The Balaban J connectivity index is 2.16. The summed E-state index contributed by atoms with van der Waals surface area (Å²) in [5.41, 5.74) is 0. The molecule has 0 amide bonds. The van der Waals surface area contributed by atoms with Crippen molar-refractivity contribution in [1.82, 2.24) is 0 Å². The zero-order valence-corrected chi connectivity index (χ0v) is 8.88. The summed E-state index contributed by atoms with van der Waals surface area (Å²) in [6.07, 6.45) is 4.10. The van der Waals surface area contributed by atoms with Gasteiger partial charge in [-0.05, 0) is 19.8 Å². The summed E-state index contributed by atoms with van der Waals surface area (Å²) in [7, 11) is 0. The number of hydrogen-bond acceptors (Lipinski definition) is 2. The molecular formula is C11H20O2. The van der Waals surface area contributed by atoms with Crippen LogP contribution < -0.4 is 0 Å². The molecule has 1 saturated heterocycles. The molecule has 2 heteroatoms. The maximum atomic E-state index is 5.99. The molecule has 1 saturated carbocycles. The Kier molecular flexibility index (Phi) is 2.37. The molecule has 1 aliphatic heterocycles. The molecule has 2 aliphatic rings. The summed E-state index contributed by atoms with van der Waals surface area (Å²) < 4.78 is 11.9. The summed E-state index contributed by atoms with van der Waals surface area (Å²) in [5, 5.41) is 0. The fourth-order valence-electron chi connectivity index (χ4n) is 2.77. The van der Waals surface area contributed by atoms with Gasteiger partial charge in [0.05, 0.1) is 12.7 Å². The van der Waals surface area contributed by atoms with Crippen LogP contribution in [0, 0.1) is 11.8 Å². The van der Waals surface area contributed by atoms with Crippen LogP contribution in [0.3, 0.4) is 0 Å². The molecule has 76 valence electrons. The van der Waals surface area contributed by atoms with Gasteiger partial charge in [-0.25, -0.2) is 0 Å². The summed E-state index contributed by atoms with van der Waals surface area (Å²) in [6.45, 7) is 7.39. The standard InChI is InChI=1S/C11H20O2/c1-8-5-4-6-9(2)11(8)12-7-10(3)13-11/h8-10H,4-7H2,1-3H3. The van der Waals surface area contributed by atoms with E-state index in [0.717, 1.165) is 6.61 Å². The van der Waals surface area contributed by atoms with Crippen molar-refractivity contribution in [3.05, 3.63) is 0 Å². The predicted molar refractivity (Wildman–Crippen MR) is 51.4 cm³/mol. The van der Waals surface area contributed by atoms with E-state index in [1.165, 1.54) is 19.3 Å². The van der Waals surface area contributed by atoms with Gasteiger partial charge >= 0.3 is 0 Å². The highest BCUT2D eigenvalue weighted by atomic mass is 16.7. The summed E-state index contributed by atoms with van der Waals surface area (Å²) in [5.74, 6) is 0.875. The zero-order valence-electron chi connectivity index (χ0n) is 8.88. The lowest BCUT2D eigenvalue weighted by Crippen LogP contribution is -2.47. The largest absolute Gasteiger partial charge is 0.347 e. The Labute approximate surface area is 80.6 Å². The molecule has 0 radical (unpaired) electrons. The van der Waals surface area contributed by atoms with Crippen molar-refractivity contribution in [2.24, 2.45) is 11.8 Å². The Morgan fingerprint density at radius 3 is 2.15 bits per heavy atom.